The number of hydrogen-bond donors (Lipinski definition) is 1. The number of hydrogen-bond acceptors (Lipinski definition) is 5. The lowest BCUT2D eigenvalue weighted by atomic mass is 10.0. The van der Waals surface area contributed by atoms with E-state index in [4.69, 9.17) is 0 Å². The lowest BCUT2D eigenvalue weighted by molar-refractivity contribution is -0.141. The van der Waals surface area contributed by atoms with Gasteiger partial charge in [-0.3, -0.25) is 9.78 Å². The van der Waals surface area contributed by atoms with Gasteiger partial charge in [0.05, 0.1) is 34.9 Å². The Kier molecular flexibility index (Phi) is 9.01. The van der Waals surface area contributed by atoms with E-state index in [1.165, 1.54) is 18.9 Å². The summed E-state index contributed by atoms with van der Waals surface area (Å²) in [6, 6.07) is 13.1. The first kappa shape index (κ1) is 27.4. The molecule has 4 rings (SSSR count). The number of anilines is 2. The van der Waals surface area contributed by atoms with Crippen LogP contribution in [-0.2, 0) is 11.0 Å². The summed E-state index contributed by atoms with van der Waals surface area (Å²) in [4.78, 5) is 22.0. The minimum absolute atomic E-state index is 0.0623. The summed E-state index contributed by atoms with van der Waals surface area (Å²) in [6.07, 6.45) is 1.84. The monoisotopic (exact) mass is 507 g/mol. The third kappa shape index (κ3) is 6.73. The fraction of sp³-hybridized carbons (Fsp3) is 0.286. The molecule has 1 saturated heterocycles. The summed E-state index contributed by atoms with van der Waals surface area (Å²) < 4.78 is 38.3. The Hall–Kier alpha value is -4.19. The minimum atomic E-state index is -4.53. The molecule has 0 bridgehead atoms. The second-order valence-electron chi connectivity index (χ2n) is 8.43. The van der Waals surface area contributed by atoms with E-state index in [0.29, 0.717) is 58.8 Å². The third-order valence-corrected chi connectivity index (χ3v) is 5.73. The maximum Gasteiger partial charge on any atom is 0.433 e. The summed E-state index contributed by atoms with van der Waals surface area (Å²) in [5.74, 6) is -0.0623. The highest BCUT2D eigenvalue weighted by Gasteiger charge is 2.32. The normalized spacial score (nSPS) is 13.0. The molecule has 192 valence electrons. The van der Waals surface area contributed by atoms with Crippen molar-refractivity contribution in [2.24, 2.45) is 0 Å². The average molecular weight is 508 g/mol. The van der Waals surface area contributed by atoms with Crippen LogP contribution in [-0.4, -0.2) is 22.4 Å². The molecule has 0 radical (unpaired) electrons. The van der Waals surface area contributed by atoms with Crippen molar-refractivity contribution in [1.82, 2.24) is 9.97 Å². The molecule has 0 spiro atoms. The predicted molar refractivity (Wildman–Crippen MR) is 138 cm³/mol. The number of amides is 1. The van der Waals surface area contributed by atoms with Crippen molar-refractivity contribution in [2.45, 2.75) is 45.7 Å². The number of benzene rings is 1. The third-order valence-electron chi connectivity index (χ3n) is 5.73. The molecule has 3 heterocycles. The number of halogens is 3. The summed E-state index contributed by atoms with van der Waals surface area (Å²) in [5, 5.41) is 12.4. The van der Waals surface area contributed by atoms with Crippen molar-refractivity contribution in [2.75, 3.05) is 16.8 Å². The lowest BCUT2D eigenvalue weighted by Crippen LogP contribution is -2.25. The van der Waals surface area contributed by atoms with E-state index in [1.54, 1.807) is 35.4 Å². The van der Waals surface area contributed by atoms with E-state index in [9.17, 15) is 23.2 Å². The van der Waals surface area contributed by atoms with Crippen LogP contribution in [0.4, 0.5) is 24.5 Å². The SMILES string of the molecule is C=C(Nc1ccc(C(F)(F)F)nc1)c1ncc(-c2ccccc2C#N)cc1N1CCCC1=O.CCCC. The average Bonchev–Trinajstić information content (AvgIpc) is 3.33. The largest absolute Gasteiger partial charge is 0.433 e. The van der Waals surface area contributed by atoms with E-state index >= 15 is 0 Å². The van der Waals surface area contributed by atoms with Crippen molar-refractivity contribution in [3.63, 3.8) is 0 Å². The molecule has 1 fully saturated rings. The van der Waals surface area contributed by atoms with E-state index in [2.05, 4.69) is 41.8 Å². The molecule has 9 heteroatoms. The van der Waals surface area contributed by atoms with Crippen LogP contribution in [0.2, 0.25) is 0 Å². The van der Waals surface area contributed by atoms with Crippen LogP contribution >= 0.6 is 0 Å². The summed E-state index contributed by atoms with van der Waals surface area (Å²) >= 11 is 0. The molecule has 1 aromatic carbocycles. The van der Waals surface area contributed by atoms with Gasteiger partial charge in [-0.1, -0.05) is 51.5 Å². The molecule has 0 aliphatic carbocycles. The number of aromatic nitrogens is 2. The molecule has 0 unspecified atom stereocenters. The highest BCUT2D eigenvalue weighted by atomic mass is 19.4. The van der Waals surface area contributed by atoms with Gasteiger partial charge in [-0.05, 0) is 30.7 Å². The van der Waals surface area contributed by atoms with Gasteiger partial charge in [-0.2, -0.15) is 18.4 Å². The number of rotatable bonds is 6. The molecular weight excluding hydrogens is 479 g/mol. The highest BCUT2D eigenvalue weighted by Crippen LogP contribution is 2.34. The quantitative estimate of drug-likeness (QED) is 0.387. The fourth-order valence-electron chi connectivity index (χ4n) is 3.64. The molecule has 1 aliphatic rings. The number of unbranched alkanes of at least 4 members (excludes halogenated alkanes) is 1. The van der Waals surface area contributed by atoms with Gasteiger partial charge in [0.15, 0.2) is 0 Å². The fourth-order valence-corrected chi connectivity index (χ4v) is 3.64. The smallest absolute Gasteiger partial charge is 0.353 e. The zero-order valence-corrected chi connectivity index (χ0v) is 20.8. The van der Waals surface area contributed by atoms with Gasteiger partial charge in [0, 0.05) is 30.3 Å². The Bertz CT molecular complexity index is 1290. The number of nitrogens with one attached hydrogen (secondary N) is 1. The number of carbonyl (C=O) groups excluding carboxylic acids is 1. The Morgan fingerprint density at radius 1 is 1.14 bits per heavy atom. The van der Waals surface area contributed by atoms with Gasteiger partial charge in [0.25, 0.3) is 0 Å². The highest BCUT2D eigenvalue weighted by molar-refractivity contribution is 5.99. The van der Waals surface area contributed by atoms with Crippen molar-refractivity contribution < 1.29 is 18.0 Å². The molecular formula is C28H28F3N5O. The van der Waals surface area contributed by atoms with E-state index in [-0.39, 0.29) is 5.91 Å². The molecule has 2 aromatic heterocycles. The summed E-state index contributed by atoms with van der Waals surface area (Å²) in [7, 11) is 0. The van der Waals surface area contributed by atoms with Crippen molar-refractivity contribution >= 4 is 23.0 Å². The standard InChI is InChI=1S/C24H18F3N5O.C4H10/c1-15(31-18-8-9-21(29-14-18)24(25,26)27)23-20(32-10-4-7-22(32)33)11-17(13-30-23)19-6-3-2-5-16(19)12-28;1-3-4-2/h2-3,5-6,8-9,11,13-14,31H,1,4,7,10H2;3-4H2,1-2H3. The van der Waals surface area contributed by atoms with Crippen LogP contribution < -0.4 is 10.2 Å². The number of nitrogens with zero attached hydrogens (tertiary/aromatic N) is 4. The van der Waals surface area contributed by atoms with Gasteiger partial charge in [0.2, 0.25) is 5.91 Å². The number of pyridine rings is 2. The van der Waals surface area contributed by atoms with Crippen LogP contribution in [0.15, 0.2) is 61.4 Å². The molecule has 1 aliphatic heterocycles. The second-order valence-corrected chi connectivity index (χ2v) is 8.43. The molecule has 1 amide bonds. The Labute approximate surface area is 214 Å². The van der Waals surface area contributed by atoms with Gasteiger partial charge >= 0.3 is 6.18 Å². The maximum absolute atomic E-state index is 12.8. The van der Waals surface area contributed by atoms with Gasteiger partial charge < -0.3 is 10.2 Å². The summed E-state index contributed by atoms with van der Waals surface area (Å²) in [6.45, 7) is 8.84. The van der Waals surface area contributed by atoms with E-state index < -0.39 is 11.9 Å². The Morgan fingerprint density at radius 3 is 2.43 bits per heavy atom. The Balaban J connectivity index is 0.000000886. The van der Waals surface area contributed by atoms with Crippen molar-refractivity contribution in [1.29, 1.82) is 5.26 Å². The zero-order chi connectivity index (χ0) is 27.0. The van der Waals surface area contributed by atoms with Gasteiger partial charge in [0.1, 0.15) is 11.4 Å². The molecule has 1 N–H and O–H groups in total. The molecule has 0 atom stereocenters. The number of nitriles is 1. The van der Waals surface area contributed by atoms with Gasteiger partial charge in [-0.15, -0.1) is 0 Å². The first-order chi connectivity index (χ1) is 17.7. The first-order valence-corrected chi connectivity index (χ1v) is 12.0. The number of alkyl halides is 3. The molecule has 37 heavy (non-hydrogen) atoms. The van der Waals surface area contributed by atoms with Crippen LogP contribution in [0.3, 0.4) is 0 Å². The van der Waals surface area contributed by atoms with Crippen molar-refractivity contribution in [3.8, 4) is 17.2 Å². The second kappa shape index (κ2) is 12.2. The minimum Gasteiger partial charge on any atom is -0.353 e. The number of carbonyl (C=O) groups is 1. The molecule has 3 aromatic rings. The molecule has 6 nitrogen and oxygen atoms in total. The maximum atomic E-state index is 12.8. The topological polar surface area (TPSA) is 81.9 Å². The van der Waals surface area contributed by atoms with Crippen LogP contribution in [0, 0.1) is 11.3 Å². The van der Waals surface area contributed by atoms with Crippen LogP contribution in [0.1, 0.15) is 56.5 Å². The first-order valence-electron chi connectivity index (χ1n) is 12.0. The van der Waals surface area contributed by atoms with E-state index in [1.807, 2.05) is 6.07 Å². The van der Waals surface area contributed by atoms with Crippen LogP contribution in [0.25, 0.3) is 16.8 Å². The Morgan fingerprint density at radius 2 is 1.86 bits per heavy atom. The zero-order valence-electron chi connectivity index (χ0n) is 20.8. The molecule has 0 saturated carbocycles. The predicted octanol–water partition coefficient (Wildman–Crippen LogP) is 7.05. The van der Waals surface area contributed by atoms with Crippen LogP contribution in [0.5, 0.6) is 0 Å². The lowest BCUT2D eigenvalue weighted by Gasteiger charge is -2.22. The summed E-state index contributed by atoms with van der Waals surface area (Å²) in [5.41, 5.74) is 2.30. The van der Waals surface area contributed by atoms with E-state index in [0.717, 1.165) is 12.3 Å². The van der Waals surface area contributed by atoms with Crippen molar-refractivity contribution in [3.05, 3.63) is 78.4 Å². The van der Waals surface area contributed by atoms with Gasteiger partial charge in [-0.25, -0.2) is 4.98 Å².